The molecule has 0 heterocycles. The van der Waals surface area contributed by atoms with Gasteiger partial charge in [0.2, 0.25) is 0 Å². The van der Waals surface area contributed by atoms with Gasteiger partial charge in [0, 0.05) is 19.6 Å². The number of unbranched alkanes of at least 4 members (excludes halogenated alkanes) is 3. The van der Waals surface area contributed by atoms with E-state index in [2.05, 4.69) is 0 Å². The predicted octanol–water partition coefficient (Wildman–Crippen LogP) is 2.86. The topological polar surface area (TPSA) is 35.2 Å². The second kappa shape index (κ2) is 8.97. The van der Waals surface area contributed by atoms with Crippen LogP contribution >= 0.6 is 0 Å². The maximum absolute atomic E-state index is 11.7. The van der Waals surface area contributed by atoms with Crippen molar-refractivity contribution in [3.63, 3.8) is 0 Å². The van der Waals surface area contributed by atoms with Crippen LogP contribution in [0.25, 0.3) is 0 Å². The second-order valence-corrected chi connectivity index (χ2v) is 3.53. The van der Waals surface area contributed by atoms with Crippen LogP contribution in [0.3, 0.4) is 0 Å². The highest BCUT2D eigenvalue weighted by Crippen LogP contribution is 2.20. The first-order valence-corrected chi connectivity index (χ1v) is 5.41. The van der Waals surface area contributed by atoms with Crippen molar-refractivity contribution in [3.05, 3.63) is 0 Å². The second-order valence-electron chi connectivity index (χ2n) is 3.53. The fraction of sp³-hybridized carbons (Fsp3) is 1.00. The molecule has 0 amide bonds. The van der Waals surface area contributed by atoms with Crippen molar-refractivity contribution in [3.8, 4) is 0 Å². The van der Waals surface area contributed by atoms with Gasteiger partial charge in [-0.3, -0.25) is 0 Å². The summed E-state index contributed by atoms with van der Waals surface area (Å²) in [6, 6.07) is 0. The van der Waals surface area contributed by atoms with E-state index in [1.54, 1.807) is 0 Å². The Morgan fingerprint density at radius 3 is 2.07 bits per heavy atom. The first kappa shape index (κ1) is 14.7. The number of halogens is 3. The summed E-state index contributed by atoms with van der Waals surface area (Å²) in [4.78, 5) is 0. The first-order valence-electron chi connectivity index (χ1n) is 5.41. The molecule has 0 saturated carbocycles. The van der Waals surface area contributed by atoms with Crippen LogP contribution in [-0.4, -0.2) is 25.9 Å². The van der Waals surface area contributed by atoms with Gasteiger partial charge in [-0.2, -0.15) is 13.2 Å². The predicted molar refractivity (Wildman–Crippen MR) is 53.6 cm³/mol. The zero-order valence-electron chi connectivity index (χ0n) is 8.98. The molecule has 0 aliphatic heterocycles. The van der Waals surface area contributed by atoms with Gasteiger partial charge in [-0.05, 0) is 25.8 Å². The number of hydrogen-bond acceptors (Lipinski definition) is 2. The van der Waals surface area contributed by atoms with E-state index in [1.165, 1.54) is 0 Å². The minimum absolute atomic E-state index is 0.0618. The number of hydrogen-bond donors (Lipinski definition) is 1. The molecule has 0 spiro atoms. The summed E-state index contributed by atoms with van der Waals surface area (Å²) in [5.41, 5.74) is 5.31. The smallest absolute Gasteiger partial charge is 0.381 e. The molecule has 2 N–H and O–H groups in total. The average molecular weight is 227 g/mol. The van der Waals surface area contributed by atoms with E-state index in [0.29, 0.717) is 13.2 Å². The molecule has 0 rings (SSSR count). The van der Waals surface area contributed by atoms with Crippen LogP contribution in [0.2, 0.25) is 0 Å². The molecular weight excluding hydrogens is 207 g/mol. The molecule has 0 aromatic rings. The molecule has 0 aromatic carbocycles. The lowest BCUT2D eigenvalue weighted by molar-refractivity contribution is -0.137. The molecule has 2 nitrogen and oxygen atoms in total. The van der Waals surface area contributed by atoms with E-state index >= 15 is 0 Å². The molecule has 0 radical (unpaired) electrons. The molecule has 15 heavy (non-hydrogen) atoms. The summed E-state index contributed by atoms with van der Waals surface area (Å²) < 4.78 is 40.2. The minimum Gasteiger partial charge on any atom is -0.381 e. The summed E-state index contributed by atoms with van der Waals surface area (Å²) in [6.07, 6.45) is -0.712. The van der Waals surface area contributed by atoms with Gasteiger partial charge in [-0.15, -0.1) is 0 Å². The van der Waals surface area contributed by atoms with E-state index in [-0.39, 0.29) is 13.0 Å². The van der Waals surface area contributed by atoms with Gasteiger partial charge in [0.25, 0.3) is 0 Å². The Hall–Kier alpha value is -0.290. The monoisotopic (exact) mass is 227 g/mol. The Bertz CT molecular complexity index is 139. The SMILES string of the molecule is NCCCCCCOCCCC(F)(F)F. The van der Waals surface area contributed by atoms with Crippen molar-refractivity contribution in [1.29, 1.82) is 0 Å². The van der Waals surface area contributed by atoms with Crippen LogP contribution < -0.4 is 5.73 Å². The van der Waals surface area contributed by atoms with Crippen LogP contribution in [0.4, 0.5) is 13.2 Å². The summed E-state index contributed by atoms with van der Waals surface area (Å²) in [5.74, 6) is 0. The molecule has 0 aromatic heterocycles. The van der Waals surface area contributed by atoms with Crippen LogP contribution in [0.1, 0.15) is 38.5 Å². The molecule has 0 saturated heterocycles. The zero-order chi connectivity index (χ0) is 11.6. The molecule has 0 aliphatic carbocycles. The molecule has 0 atom stereocenters. The average Bonchev–Trinajstić information content (AvgIpc) is 2.14. The van der Waals surface area contributed by atoms with Crippen LogP contribution in [0, 0.1) is 0 Å². The van der Waals surface area contributed by atoms with Crippen molar-refractivity contribution in [2.75, 3.05) is 19.8 Å². The lowest BCUT2D eigenvalue weighted by Gasteiger charge is -2.06. The van der Waals surface area contributed by atoms with Gasteiger partial charge in [-0.1, -0.05) is 12.8 Å². The fourth-order valence-electron chi connectivity index (χ4n) is 1.18. The van der Waals surface area contributed by atoms with Gasteiger partial charge >= 0.3 is 6.18 Å². The highest BCUT2D eigenvalue weighted by atomic mass is 19.4. The van der Waals surface area contributed by atoms with E-state index in [0.717, 1.165) is 25.7 Å². The lowest BCUT2D eigenvalue weighted by atomic mass is 10.2. The summed E-state index contributed by atoms with van der Waals surface area (Å²) in [5, 5.41) is 0. The van der Waals surface area contributed by atoms with Crippen molar-refractivity contribution in [2.24, 2.45) is 5.73 Å². The number of rotatable bonds is 9. The Morgan fingerprint density at radius 1 is 0.867 bits per heavy atom. The summed E-state index contributed by atoms with van der Waals surface area (Å²) in [6.45, 7) is 1.46. The third-order valence-electron chi connectivity index (χ3n) is 1.99. The largest absolute Gasteiger partial charge is 0.389 e. The minimum atomic E-state index is -4.05. The third-order valence-corrected chi connectivity index (χ3v) is 1.99. The van der Waals surface area contributed by atoms with Gasteiger partial charge < -0.3 is 10.5 Å². The van der Waals surface area contributed by atoms with Crippen molar-refractivity contribution < 1.29 is 17.9 Å². The third kappa shape index (κ3) is 13.7. The van der Waals surface area contributed by atoms with E-state index in [9.17, 15) is 13.2 Å². The van der Waals surface area contributed by atoms with Gasteiger partial charge in [0.15, 0.2) is 0 Å². The van der Waals surface area contributed by atoms with Crippen LogP contribution in [0.15, 0.2) is 0 Å². The normalized spacial score (nSPS) is 12.0. The molecule has 0 bridgehead atoms. The Labute approximate surface area is 89.0 Å². The molecule has 0 unspecified atom stereocenters. The molecular formula is C10H20F3NO. The molecule has 0 fully saturated rings. The standard InChI is InChI=1S/C10H20F3NO/c11-10(12,13)6-5-9-15-8-4-2-1-3-7-14/h1-9,14H2. The maximum atomic E-state index is 11.7. The summed E-state index contributed by atoms with van der Waals surface area (Å²) in [7, 11) is 0. The maximum Gasteiger partial charge on any atom is 0.389 e. The summed E-state index contributed by atoms with van der Waals surface area (Å²) >= 11 is 0. The molecule has 5 heteroatoms. The van der Waals surface area contributed by atoms with Crippen molar-refractivity contribution >= 4 is 0 Å². The number of ether oxygens (including phenoxy) is 1. The van der Waals surface area contributed by atoms with Crippen LogP contribution in [0.5, 0.6) is 0 Å². The fourth-order valence-corrected chi connectivity index (χ4v) is 1.18. The Kier molecular flexibility index (Phi) is 8.80. The zero-order valence-corrected chi connectivity index (χ0v) is 8.98. The van der Waals surface area contributed by atoms with Gasteiger partial charge in [0.1, 0.15) is 0 Å². The van der Waals surface area contributed by atoms with Crippen molar-refractivity contribution in [2.45, 2.75) is 44.7 Å². The first-order chi connectivity index (χ1) is 7.06. The van der Waals surface area contributed by atoms with E-state index in [4.69, 9.17) is 10.5 Å². The number of nitrogens with two attached hydrogens (primary N) is 1. The highest BCUT2D eigenvalue weighted by molar-refractivity contribution is 4.49. The van der Waals surface area contributed by atoms with Crippen molar-refractivity contribution in [1.82, 2.24) is 0 Å². The Morgan fingerprint density at radius 2 is 1.47 bits per heavy atom. The van der Waals surface area contributed by atoms with Gasteiger partial charge in [-0.25, -0.2) is 0 Å². The highest BCUT2D eigenvalue weighted by Gasteiger charge is 2.25. The quantitative estimate of drug-likeness (QED) is 0.615. The Balaban J connectivity index is 2.99. The van der Waals surface area contributed by atoms with Gasteiger partial charge in [0.05, 0.1) is 0 Å². The lowest BCUT2D eigenvalue weighted by Crippen LogP contribution is -2.09. The number of alkyl halides is 3. The van der Waals surface area contributed by atoms with E-state index < -0.39 is 12.6 Å². The molecule has 0 aliphatic rings. The van der Waals surface area contributed by atoms with E-state index in [1.807, 2.05) is 0 Å². The molecule has 92 valence electrons. The van der Waals surface area contributed by atoms with Crippen LogP contribution in [-0.2, 0) is 4.74 Å².